The van der Waals surface area contributed by atoms with Crippen molar-refractivity contribution >= 4 is 23.4 Å². The Labute approximate surface area is 189 Å². The number of amides is 2. The Balaban J connectivity index is 1.46. The minimum Gasteiger partial charge on any atom is -0.353 e. The highest BCUT2D eigenvalue weighted by atomic mass is 19.1. The first-order chi connectivity index (χ1) is 15.8. The highest BCUT2D eigenvalue weighted by molar-refractivity contribution is 5.98. The van der Waals surface area contributed by atoms with E-state index in [1.807, 2.05) is 13.0 Å². The Morgan fingerprint density at radius 1 is 1.09 bits per heavy atom. The zero-order chi connectivity index (χ0) is 23.7. The summed E-state index contributed by atoms with van der Waals surface area (Å²) in [6.07, 6.45) is 1.44. The summed E-state index contributed by atoms with van der Waals surface area (Å²) in [5.74, 6) is -2.10. The van der Waals surface area contributed by atoms with Gasteiger partial charge < -0.3 is 15.1 Å². The van der Waals surface area contributed by atoms with Crippen LogP contribution < -0.4 is 10.2 Å². The molecule has 1 N–H and O–H groups in total. The Morgan fingerprint density at radius 2 is 1.76 bits per heavy atom. The summed E-state index contributed by atoms with van der Waals surface area (Å²) in [6.45, 7) is 7.37. The number of carbonyl (C=O) groups is 2. The van der Waals surface area contributed by atoms with Crippen molar-refractivity contribution in [2.45, 2.75) is 26.8 Å². The molecule has 1 aliphatic heterocycles. The van der Waals surface area contributed by atoms with Crippen LogP contribution in [0.3, 0.4) is 0 Å². The molecule has 1 aliphatic rings. The fourth-order valence-electron chi connectivity index (χ4n) is 3.93. The monoisotopic (exact) mass is 457 g/mol. The molecule has 3 heterocycles. The van der Waals surface area contributed by atoms with Crippen LogP contribution in [-0.4, -0.2) is 68.5 Å². The van der Waals surface area contributed by atoms with E-state index >= 15 is 0 Å². The van der Waals surface area contributed by atoms with Gasteiger partial charge in [-0.1, -0.05) is 19.9 Å². The summed E-state index contributed by atoms with van der Waals surface area (Å²) in [5, 5.41) is 6.76. The summed E-state index contributed by atoms with van der Waals surface area (Å²) in [4.78, 5) is 38.0. The molecule has 0 radical (unpaired) electrons. The lowest BCUT2D eigenvalue weighted by Gasteiger charge is -2.38. The first-order valence-electron chi connectivity index (χ1n) is 10.7. The van der Waals surface area contributed by atoms with Gasteiger partial charge in [-0.05, 0) is 25.0 Å². The lowest BCUT2D eigenvalue weighted by Crippen LogP contribution is -2.56. The zero-order valence-corrected chi connectivity index (χ0v) is 18.6. The minimum atomic E-state index is -0.969. The van der Waals surface area contributed by atoms with E-state index in [1.54, 1.807) is 23.3 Å². The maximum Gasteiger partial charge on any atom is 0.257 e. The molecule has 0 unspecified atom stereocenters. The smallest absolute Gasteiger partial charge is 0.257 e. The molecule has 9 nitrogen and oxygen atoms in total. The lowest BCUT2D eigenvalue weighted by atomic mass is 10.0. The Morgan fingerprint density at radius 3 is 2.39 bits per heavy atom. The van der Waals surface area contributed by atoms with Gasteiger partial charge in [-0.3, -0.25) is 9.59 Å². The van der Waals surface area contributed by atoms with Crippen LogP contribution in [0.2, 0.25) is 0 Å². The first kappa shape index (κ1) is 22.6. The highest BCUT2D eigenvalue weighted by Gasteiger charge is 2.32. The van der Waals surface area contributed by atoms with Crippen molar-refractivity contribution < 1.29 is 18.4 Å². The van der Waals surface area contributed by atoms with Crippen molar-refractivity contribution in [2.75, 3.05) is 31.1 Å². The number of anilines is 1. The fourth-order valence-corrected chi connectivity index (χ4v) is 3.93. The van der Waals surface area contributed by atoms with Crippen LogP contribution in [0, 0.1) is 24.5 Å². The van der Waals surface area contributed by atoms with Crippen molar-refractivity contribution in [2.24, 2.45) is 5.92 Å². The van der Waals surface area contributed by atoms with Crippen molar-refractivity contribution in [3.63, 3.8) is 0 Å². The SMILES string of the molecule is Cc1cc(N2CCN(C(=O)[C@@H](NC(=O)c3c(F)cccc3F)C(C)C)CC2)n2ncnc2n1. The van der Waals surface area contributed by atoms with Gasteiger partial charge in [0.1, 0.15) is 35.4 Å². The molecule has 0 bridgehead atoms. The summed E-state index contributed by atoms with van der Waals surface area (Å²) < 4.78 is 29.7. The molecule has 0 spiro atoms. The average molecular weight is 457 g/mol. The highest BCUT2D eigenvalue weighted by Crippen LogP contribution is 2.19. The third kappa shape index (κ3) is 4.48. The van der Waals surface area contributed by atoms with Crippen LogP contribution >= 0.6 is 0 Å². The molecule has 33 heavy (non-hydrogen) atoms. The minimum absolute atomic E-state index is 0.271. The predicted molar refractivity (Wildman–Crippen MR) is 117 cm³/mol. The number of hydrogen-bond donors (Lipinski definition) is 1. The van der Waals surface area contributed by atoms with E-state index in [9.17, 15) is 18.4 Å². The number of rotatable bonds is 5. The molecule has 0 saturated carbocycles. The average Bonchev–Trinajstić information content (AvgIpc) is 3.24. The van der Waals surface area contributed by atoms with E-state index in [-0.39, 0.29) is 11.8 Å². The largest absolute Gasteiger partial charge is 0.353 e. The number of hydrogen-bond acceptors (Lipinski definition) is 6. The van der Waals surface area contributed by atoms with Crippen molar-refractivity contribution in [3.05, 3.63) is 53.5 Å². The summed E-state index contributed by atoms with van der Waals surface area (Å²) in [7, 11) is 0. The van der Waals surface area contributed by atoms with Gasteiger partial charge in [-0.25, -0.2) is 13.8 Å². The molecule has 3 aromatic rings. The van der Waals surface area contributed by atoms with E-state index in [2.05, 4.69) is 25.3 Å². The Kier molecular flexibility index (Phi) is 6.21. The molecule has 0 aliphatic carbocycles. The van der Waals surface area contributed by atoms with Crippen LogP contribution in [0.1, 0.15) is 29.9 Å². The molecular formula is C22H25F2N7O2. The second kappa shape index (κ2) is 9.08. The van der Waals surface area contributed by atoms with Gasteiger partial charge in [0.15, 0.2) is 0 Å². The molecule has 1 atom stereocenters. The number of carbonyl (C=O) groups excluding carboxylic acids is 2. The van der Waals surface area contributed by atoms with Gasteiger partial charge in [0, 0.05) is 37.9 Å². The Bertz CT molecular complexity index is 1170. The third-order valence-electron chi connectivity index (χ3n) is 5.69. The number of aromatic nitrogens is 4. The van der Waals surface area contributed by atoms with Crippen LogP contribution in [0.4, 0.5) is 14.6 Å². The van der Waals surface area contributed by atoms with E-state index in [0.717, 1.165) is 23.6 Å². The molecule has 11 heteroatoms. The van der Waals surface area contributed by atoms with Crippen LogP contribution in [-0.2, 0) is 4.79 Å². The van der Waals surface area contributed by atoms with E-state index < -0.39 is 29.1 Å². The van der Waals surface area contributed by atoms with E-state index in [0.29, 0.717) is 32.0 Å². The molecule has 2 amide bonds. The van der Waals surface area contributed by atoms with Gasteiger partial charge in [-0.2, -0.15) is 14.6 Å². The first-order valence-corrected chi connectivity index (χ1v) is 10.7. The number of aryl methyl sites for hydroxylation is 1. The van der Waals surface area contributed by atoms with Crippen molar-refractivity contribution in [1.29, 1.82) is 0 Å². The van der Waals surface area contributed by atoms with E-state index in [1.165, 1.54) is 12.4 Å². The predicted octanol–water partition coefficient (Wildman–Crippen LogP) is 1.81. The van der Waals surface area contributed by atoms with Gasteiger partial charge in [-0.15, -0.1) is 0 Å². The fraction of sp³-hybridized carbons (Fsp3) is 0.409. The quantitative estimate of drug-likeness (QED) is 0.628. The van der Waals surface area contributed by atoms with Gasteiger partial charge >= 0.3 is 0 Å². The van der Waals surface area contributed by atoms with Crippen molar-refractivity contribution in [1.82, 2.24) is 29.8 Å². The summed E-state index contributed by atoms with van der Waals surface area (Å²) in [5.41, 5.74) is 0.123. The number of halogens is 2. The molecule has 1 aromatic carbocycles. The van der Waals surface area contributed by atoms with Gasteiger partial charge in [0.05, 0.1) is 0 Å². The number of piperazine rings is 1. The molecule has 1 saturated heterocycles. The second-order valence-corrected chi connectivity index (χ2v) is 8.33. The second-order valence-electron chi connectivity index (χ2n) is 8.33. The standard InChI is InChI=1S/C22H25F2N7O2/c1-13(2)19(28-20(32)18-15(23)5-4-6-16(18)24)21(33)30-9-7-29(8-10-30)17-11-14(3)27-22-25-12-26-31(17)22/h4-6,11-13,19H,7-10H2,1-3H3,(H,28,32)/t19-/m0/s1. The molecular weight excluding hydrogens is 432 g/mol. The maximum absolute atomic E-state index is 14.0. The maximum atomic E-state index is 14.0. The van der Waals surface area contributed by atoms with Crippen LogP contribution in [0.25, 0.3) is 5.78 Å². The summed E-state index contributed by atoms with van der Waals surface area (Å²) >= 11 is 0. The molecule has 4 rings (SSSR count). The molecule has 174 valence electrons. The van der Waals surface area contributed by atoms with Gasteiger partial charge in [0.2, 0.25) is 5.91 Å². The van der Waals surface area contributed by atoms with Crippen LogP contribution in [0.15, 0.2) is 30.6 Å². The number of nitrogens with zero attached hydrogens (tertiary/aromatic N) is 6. The molecule has 2 aromatic heterocycles. The molecule has 1 fully saturated rings. The van der Waals surface area contributed by atoms with Crippen LogP contribution in [0.5, 0.6) is 0 Å². The lowest BCUT2D eigenvalue weighted by molar-refractivity contribution is -0.134. The summed E-state index contributed by atoms with van der Waals surface area (Å²) in [6, 6.07) is 4.21. The van der Waals surface area contributed by atoms with E-state index in [4.69, 9.17) is 0 Å². The number of fused-ring (bicyclic) bond motifs is 1. The zero-order valence-electron chi connectivity index (χ0n) is 18.6. The number of benzene rings is 1. The van der Waals surface area contributed by atoms with Crippen molar-refractivity contribution in [3.8, 4) is 0 Å². The number of nitrogens with one attached hydrogen (secondary N) is 1. The topological polar surface area (TPSA) is 95.7 Å². The van der Waals surface area contributed by atoms with Gasteiger partial charge in [0.25, 0.3) is 11.7 Å². The third-order valence-corrected chi connectivity index (χ3v) is 5.69. The Hall–Kier alpha value is -3.63. The normalized spacial score (nSPS) is 15.2.